The zero-order chi connectivity index (χ0) is 8.08. The Labute approximate surface area is 112 Å². The summed E-state index contributed by atoms with van der Waals surface area (Å²) in [5.41, 5.74) is 0. The van der Waals surface area contributed by atoms with Crippen molar-refractivity contribution in [3.63, 3.8) is 0 Å². The average molecular weight is 228 g/mol. The van der Waals surface area contributed by atoms with Crippen LogP contribution in [0.5, 0.6) is 0 Å². The van der Waals surface area contributed by atoms with Crippen LogP contribution < -0.4 is 51.4 Å². The van der Waals surface area contributed by atoms with Crippen LogP contribution in [0.3, 0.4) is 0 Å². The Bertz CT molecular complexity index is 161. The second-order valence-electron chi connectivity index (χ2n) is 0.947. The fourth-order valence-corrected chi connectivity index (χ4v) is 0. The topological polar surface area (TPSA) is 80.6 Å². The van der Waals surface area contributed by atoms with Gasteiger partial charge in [-0.2, -0.15) is 0 Å². The van der Waals surface area contributed by atoms with Crippen LogP contribution in [-0.4, -0.2) is 23.5 Å². The predicted octanol–water partition coefficient (Wildman–Crippen LogP) is -2.77. The molecule has 0 aliphatic heterocycles. The van der Waals surface area contributed by atoms with Gasteiger partial charge >= 0.3 is 51.4 Å². The normalized spacial score (nSPS) is 13.1. The van der Waals surface area contributed by atoms with Gasteiger partial charge in [0.1, 0.15) is 0 Å². The fourth-order valence-electron chi connectivity index (χ4n) is 0. The first-order valence-electron chi connectivity index (χ1n) is 1.61. The third-order valence-corrected chi connectivity index (χ3v) is 0. The molecular weight excluding hydrogens is 223 g/mol. The molecule has 4 nitrogen and oxygen atoms in total. The minimum absolute atomic E-state index is 0. The zero-order valence-electron chi connectivity index (χ0n) is 5.44. The van der Waals surface area contributed by atoms with Gasteiger partial charge in [-0.15, -0.1) is 0 Å². The van der Waals surface area contributed by atoms with Gasteiger partial charge in [-0.3, -0.25) is 0 Å². The van der Waals surface area contributed by atoms with Crippen molar-refractivity contribution in [2.45, 2.75) is 6.92 Å². The molecular formula is C2H5KO4S3. The van der Waals surface area contributed by atoms with Gasteiger partial charge in [0.05, 0.1) is 9.05 Å². The van der Waals surface area contributed by atoms with E-state index in [1.54, 1.807) is 0 Å². The van der Waals surface area contributed by atoms with Crippen LogP contribution in [0, 0.1) is 0 Å². The van der Waals surface area contributed by atoms with Gasteiger partial charge in [-0.25, -0.2) is 4.21 Å². The molecule has 2 N–H and O–H groups in total. The van der Waals surface area contributed by atoms with Crippen molar-refractivity contribution in [2.24, 2.45) is 0 Å². The smallest absolute Gasteiger partial charge is 0.748 e. The minimum atomic E-state index is -4.08. The van der Waals surface area contributed by atoms with Crippen LogP contribution in [0.1, 0.15) is 6.92 Å². The summed E-state index contributed by atoms with van der Waals surface area (Å²) in [6, 6.07) is 0. The maximum atomic E-state index is 9.00. The first-order valence-corrected chi connectivity index (χ1v) is 4.38. The summed E-state index contributed by atoms with van der Waals surface area (Å²) in [6.45, 7) is 1.45. The van der Waals surface area contributed by atoms with E-state index >= 15 is 0 Å². The quantitative estimate of drug-likeness (QED) is 0.345. The van der Waals surface area contributed by atoms with E-state index < -0.39 is 9.05 Å². The standard InChI is InChI=1S/C2H4OS.K.H2O3S2/c1-2(3)4;;1-5(2,3)4/h1H3,(H,3,4);;(H2,1,2,3,4)/q;+1;/p-1. The van der Waals surface area contributed by atoms with E-state index in [4.69, 9.17) is 18.4 Å². The van der Waals surface area contributed by atoms with Gasteiger partial charge in [0, 0.05) is 6.92 Å². The van der Waals surface area contributed by atoms with Crippen molar-refractivity contribution in [1.29, 1.82) is 0 Å². The maximum absolute atomic E-state index is 9.00. The summed E-state index contributed by atoms with van der Waals surface area (Å²) in [6.07, 6.45) is 0. The number of thiocarbonyl (C=S) groups is 1. The number of aliphatic hydroxyl groups excluding tert-OH is 1. The Balaban J connectivity index is -0.0000000910. The first kappa shape index (κ1) is 17.8. The summed E-state index contributed by atoms with van der Waals surface area (Å²) in [5.74, 6) is 0. The van der Waals surface area contributed by atoms with Crippen LogP contribution in [0.15, 0.2) is 0 Å². The number of aliphatic hydroxyl groups is 1. The van der Waals surface area contributed by atoms with E-state index in [-0.39, 0.29) is 56.4 Å². The SMILES string of the molecule is CC(O)=S.O=S([O-])(O)=S.[K+]. The summed E-state index contributed by atoms with van der Waals surface area (Å²) >= 11 is 7.45. The van der Waals surface area contributed by atoms with E-state index in [1.165, 1.54) is 6.92 Å². The molecule has 0 bridgehead atoms. The van der Waals surface area contributed by atoms with Gasteiger partial charge in [0.25, 0.3) is 0 Å². The van der Waals surface area contributed by atoms with Gasteiger partial charge < -0.3 is 14.2 Å². The molecule has 56 valence electrons. The molecule has 0 aromatic carbocycles. The van der Waals surface area contributed by atoms with E-state index in [0.29, 0.717) is 0 Å². The Morgan fingerprint density at radius 1 is 1.70 bits per heavy atom. The monoisotopic (exact) mass is 228 g/mol. The molecule has 0 radical (unpaired) electrons. The second kappa shape index (κ2) is 8.91. The van der Waals surface area contributed by atoms with Gasteiger partial charge in [0.2, 0.25) is 0 Å². The molecule has 0 aliphatic rings. The average Bonchev–Trinajstić information content (AvgIpc) is 1.19. The molecule has 1 atom stereocenters. The molecule has 0 aliphatic carbocycles. The summed E-state index contributed by atoms with van der Waals surface area (Å²) in [4.78, 5) is 0. The van der Waals surface area contributed by atoms with Crippen LogP contribution in [0.4, 0.5) is 0 Å². The molecule has 1 unspecified atom stereocenters. The molecule has 0 aromatic rings. The molecule has 0 rings (SSSR count). The second-order valence-corrected chi connectivity index (χ2v) is 3.66. The Kier molecular flexibility index (Phi) is 15.8. The zero-order valence-corrected chi connectivity index (χ0v) is 11.0. The van der Waals surface area contributed by atoms with Crippen molar-refractivity contribution in [2.75, 3.05) is 0 Å². The van der Waals surface area contributed by atoms with Crippen molar-refractivity contribution in [3.05, 3.63) is 0 Å². The van der Waals surface area contributed by atoms with E-state index in [1.807, 2.05) is 0 Å². The minimum Gasteiger partial charge on any atom is -0.748 e. The molecule has 0 aromatic heterocycles. The fraction of sp³-hybridized carbons (Fsp3) is 0.500. The summed E-state index contributed by atoms with van der Waals surface area (Å²) in [7, 11) is -4.08. The Morgan fingerprint density at radius 2 is 1.70 bits per heavy atom. The molecule has 0 fully saturated rings. The molecule has 0 heterocycles. The molecule has 8 heteroatoms. The van der Waals surface area contributed by atoms with E-state index in [0.717, 1.165) is 0 Å². The van der Waals surface area contributed by atoms with Crippen LogP contribution in [0.25, 0.3) is 0 Å². The number of rotatable bonds is 0. The largest absolute Gasteiger partial charge is 1.00 e. The maximum Gasteiger partial charge on any atom is 1.00 e. The van der Waals surface area contributed by atoms with E-state index in [2.05, 4.69) is 23.4 Å². The van der Waals surface area contributed by atoms with Gasteiger partial charge in [-0.1, -0.05) is 0 Å². The third kappa shape index (κ3) is 231. The van der Waals surface area contributed by atoms with Crippen LogP contribution in [0.2, 0.25) is 0 Å². The Hall–Kier alpha value is 1.82. The number of hydrogen-bond donors (Lipinski definition) is 2. The van der Waals surface area contributed by atoms with E-state index in [9.17, 15) is 0 Å². The summed E-state index contributed by atoms with van der Waals surface area (Å²) < 4.78 is 25.3. The van der Waals surface area contributed by atoms with Crippen LogP contribution >= 0.6 is 12.2 Å². The third-order valence-electron chi connectivity index (χ3n) is 0. The van der Waals surface area contributed by atoms with Crippen molar-refractivity contribution < 1.29 is 69.8 Å². The molecule has 10 heavy (non-hydrogen) atoms. The van der Waals surface area contributed by atoms with Gasteiger partial charge in [-0.05, 0) is 23.4 Å². The first-order chi connectivity index (χ1) is 3.73. The Morgan fingerprint density at radius 3 is 1.70 bits per heavy atom. The molecule has 0 saturated heterocycles. The molecule has 0 amide bonds. The van der Waals surface area contributed by atoms with Gasteiger partial charge in [0.15, 0.2) is 5.05 Å². The van der Waals surface area contributed by atoms with Crippen molar-refractivity contribution in [3.8, 4) is 0 Å². The van der Waals surface area contributed by atoms with Crippen molar-refractivity contribution in [1.82, 2.24) is 0 Å². The molecule has 0 saturated carbocycles. The van der Waals surface area contributed by atoms with Crippen molar-refractivity contribution >= 4 is 37.5 Å². The molecule has 0 spiro atoms. The number of hydrogen-bond acceptors (Lipinski definition) is 4. The summed E-state index contributed by atoms with van der Waals surface area (Å²) in [5, 5.41) is 7.79. The predicted molar refractivity (Wildman–Crippen MR) is 39.8 cm³/mol. The van der Waals surface area contributed by atoms with Crippen LogP contribution in [-0.2, 0) is 20.2 Å².